The van der Waals surface area contributed by atoms with Gasteiger partial charge in [-0.15, -0.1) is 0 Å². The lowest BCUT2D eigenvalue weighted by Gasteiger charge is -2.27. The van der Waals surface area contributed by atoms with E-state index in [1.54, 1.807) is 36.7 Å². The second-order valence-electron chi connectivity index (χ2n) is 6.22. The minimum atomic E-state index is -1.33. The summed E-state index contributed by atoms with van der Waals surface area (Å²) in [5, 5.41) is 12.7. The van der Waals surface area contributed by atoms with Crippen molar-refractivity contribution in [2.45, 2.75) is 5.60 Å². The monoisotopic (exact) mass is 442 g/mol. The summed E-state index contributed by atoms with van der Waals surface area (Å²) in [5.41, 5.74) is 8.37. The van der Waals surface area contributed by atoms with Gasteiger partial charge in [-0.3, -0.25) is 4.98 Å². The van der Waals surface area contributed by atoms with Crippen molar-refractivity contribution < 1.29 is 5.11 Å². The van der Waals surface area contributed by atoms with Crippen molar-refractivity contribution >= 4 is 38.6 Å². The van der Waals surface area contributed by atoms with Crippen LogP contribution in [0.25, 0.3) is 22.3 Å². The van der Waals surface area contributed by atoms with Crippen molar-refractivity contribution in [2.75, 3.05) is 6.54 Å². The van der Waals surface area contributed by atoms with Gasteiger partial charge in [-0.1, -0.05) is 29.8 Å². The molecule has 27 heavy (non-hydrogen) atoms. The Bertz CT molecular complexity index is 1100. The van der Waals surface area contributed by atoms with E-state index in [9.17, 15) is 5.11 Å². The van der Waals surface area contributed by atoms with E-state index in [1.165, 1.54) is 0 Å². The standard InChI is InChI=1S/C20H16BrClN4O/c21-16-10-26-19-18(16)15(7-8-24-19)17-6-3-13(9-25-17)20(27,11-23)12-1-4-14(22)5-2-12/h1-10,27H,11,23H2,(H,24,26). The first-order chi connectivity index (χ1) is 13.0. The summed E-state index contributed by atoms with van der Waals surface area (Å²) in [6.07, 6.45) is 5.24. The summed E-state index contributed by atoms with van der Waals surface area (Å²) >= 11 is 9.50. The van der Waals surface area contributed by atoms with Gasteiger partial charge in [0, 0.05) is 51.1 Å². The molecule has 0 spiro atoms. The van der Waals surface area contributed by atoms with E-state index in [0.717, 1.165) is 26.8 Å². The maximum absolute atomic E-state index is 11.2. The second kappa shape index (κ2) is 7.05. The van der Waals surface area contributed by atoms with Gasteiger partial charge in [-0.25, -0.2) is 4.98 Å². The number of nitrogens with one attached hydrogen (secondary N) is 1. The van der Waals surface area contributed by atoms with Gasteiger partial charge in [0.1, 0.15) is 11.2 Å². The molecule has 5 nitrogen and oxygen atoms in total. The van der Waals surface area contributed by atoms with Gasteiger partial charge in [0.2, 0.25) is 0 Å². The molecular formula is C20H16BrClN4O. The number of aromatic nitrogens is 3. The molecular weight excluding hydrogens is 428 g/mol. The molecule has 0 aliphatic carbocycles. The summed E-state index contributed by atoms with van der Waals surface area (Å²) < 4.78 is 0.922. The average Bonchev–Trinajstić information content (AvgIpc) is 3.09. The third-order valence-corrected chi connectivity index (χ3v) is 5.54. The SMILES string of the molecule is NCC(O)(c1ccc(Cl)cc1)c1ccc(-c2ccnc3[nH]cc(Br)c23)nc1. The number of H-pyrrole nitrogens is 1. The molecule has 0 bridgehead atoms. The topological polar surface area (TPSA) is 87.8 Å². The Morgan fingerprint density at radius 2 is 1.81 bits per heavy atom. The molecule has 4 rings (SSSR count). The van der Waals surface area contributed by atoms with Crippen LogP contribution in [0.1, 0.15) is 11.1 Å². The van der Waals surface area contributed by atoms with Gasteiger partial charge in [-0.05, 0) is 45.8 Å². The number of benzene rings is 1. The minimum Gasteiger partial charge on any atom is -0.379 e. The Morgan fingerprint density at radius 3 is 2.48 bits per heavy atom. The normalized spacial score (nSPS) is 13.6. The molecule has 1 aromatic carbocycles. The molecule has 7 heteroatoms. The van der Waals surface area contributed by atoms with Crippen molar-refractivity contribution in [3.8, 4) is 11.3 Å². The highest BCUT2D eigenvalue weighted by Crippen LogP contribution is 2.34. The fourth-order valence-corrected chi connectivity index (χ4v) is 3.80. The van der Waals surface area contributed by atoms with Crippen LogP contribution in [0.5, 0.6) is 0 Å². The Kier molecular flexibility index (Phi) is 4.74. The molecule has 0 saturated carbocycles. The highest BCUT2D eigenvalue weighted by Gasteiger charge is 2.30. The first kappa shape index (κ1) is 18.1. The number of aliphatic hydroxyl groups is 1. The molecule has 0 aliphatic rings. The van der Waals surface area contributed by atoms with E-state index in [4.69, 9.17) is 17.3 Å². The van der Waals surface area contributed by atoms with Crippen LogP contribution >= 0.6 is 27.5 Å². The number of rotatable bonds is 4. The molecule has 1 unspecified atom stereocenters. The van der Waals surface area contributed by atoms with E-state index in [0.29, 0.717) is 16.1 Å². The maximum Gasteiger partial charge on any atom is 0.139 e. The Hall–Kier alpha value is -2.25. The first-order valence-corrected chi connectivity index (χ1v) is 9.47. The molecule has 3 aromatic heterocycles. The van der Waals surface area contributed by atoms with Gasteiger partial charge >= 0.3 is 0 Å². The number of pyridine rings is 2. The van der Waals surface area contributed by atoms with Gasteiger partial charge < -0.3 is 15.8 Å². The quantitative estimate of drug-likeness (QED) is 0.440. The second-order valence-corrected chi connectivity index (χ2v) is 7.51. The van der Waals surface area contributed by atoms with Crippen LogP contribution in [0, 0.1) is 0 Å². The van der Waals surface area contributed by atoms with E-state index in [1.807, 2.05) is 24.4 Å². The molecule has 3 heterocycles. The summed E-state index contributed by atoms with van der Waals surface area (Å²) in [7, 11) is 0. The average molecular weight is 444 g/mol. The molecule has 0 fully saturated rings. The summed E-state index contributed by atoms with van der Waals surface area (Å²) in [6, 6.07) is 12.6. The van der Waals surface area contributed by atoms with E-state index in [2.05, 4.69) is 30.9 Å². The fourth-order valence-electron chi connectivity index (χ4n) is 3.16. The van der Waals surface area contributed by atoms with Crippen LogP contribution in [0.3, 0.4) is 0 Å². The van der Waals surface area contributed by atoms with Crippen LogP contribution in [-0.4, -0.2) is 26.6 Å². The van der Waals surface area contributed by atoms with Crippen LogP contribution < -0.4 is 5.73 Å². The summed E-state index contributed by atoms with van der Waals surface area (Å²) in [5.74, 6) is 0. The molecule has 136 valence electrons. The van der Waals surface area contributed by atoms with Crippen molar-refractivity contribution in [3.05, 3.63) is 81.7 Å². The van der Waals surface area contributed by atoms with E-state index >= 15 is 0 Å². The fraction of sp³-hybridized carbons (Fsp3) is 0.100. The van der Waals surface area contributed by atoms with Crippen LogP contribution in [-0.2, 0) is 5.60 Å². The number of halogens is 2. The predicted molar refractivity (Wildman–Crippen MR) is 111 cm³/mol. The van der Waals surface area contributed by atoms with Crippen LogP contribution in [0.4, 0.5) is 0 Å². The van der Waals surface area contributed by atoms with E-state index in [-0.39, 0.29) is 6.54 Å². The lowest BCUT2D eigenvalue weighted by molar-refractivity contribution is 0.0899. The third-order valence-electron chi connectivity index (χ3n) is 4.66. The molecule has 0 amide bonds. The van der Waals surface area contributed by atoms with Crippen molar-refractivity contribution in [2.24, 2.45) is 5.73 Å². The number of nitrogens with two attached hydrogens (primary N) is 1. The first-order valence-electron chi connectivity index (χ1n) is 8.30. The van der Waals surface area contributed by atoms with Crippen molar-refractivity contribution in [1.82, 2.24) is 15.0 Å². The van der Waals surface area contributed by atoms with Gasteiger partial charge in [0.05, 0.1) is 5.69 Å². The number of nitrogens with zero attached hydrogens (tertiary/aromatic N) is 2. The maximum atomic E-state index is 11.2. The molecule has 4 aromatic rings. The molecule has 0 radical (unpaired) electrons. The van der Waals surface area contributed by atoms with Crippen LogP contribution in [0.2, 0.25) is 5.02 Å². The third kappa shape index (κ3) is 3.15. The summed E-state index contributed by atoms with van der Waals surface area (Å²) in [4.78, 5) is 12.0. The van der Waals surface area contributed by atoms with Crippen molar-refractivity contribution in [1.29, 1.82) is 0 Å². The van der Waals surface area contributed by atoms with Gasteiger partial charge in [0.25, 0.3) is 0 Å². The zero-order chi connectivity index (χ0) is 19.0. The summed E-state index contributed by atoms with van der Waals surface area (Å²) in [6.45, 7) is 0.0263. The van der Waals surface area contributed by atoms with Crippen molar-refractivity contribution in [3.63, 3.8) is 0 Å². The highest BCUT2D eigenvalue weighted by atomic mass is 79.9. The molecule has 4 N–H and O–H groups in total. The lowest BCUT2D eigenvalue weighted by Crippen LogP contribution is -2.36. The number of hydrogen-bond acceptors (Lipinski definition) is 4. The smallest absolute Gasteiger partial charge is 0.139 e. The van der Waals surface area contributed by atoms with E-state index < -0.39 is 5.60 Å². The minimum absolute atomic E-state index is 0.0263. The largest absolute Gasteiger partial charge is 0.379 e. The Balaban J connectivity index is 1.77. The lowest BCUT2D eigenvalue weighted by atomic mass is 9.87. The highest BCUT2D eigenvalue weighted by molar-refractivity contribution is 9.10. The van der Waals surface area contributed by atoms with Gasteiger partial charge in [-0.2, -0.15) is 0 Å². The molecule has 1 atom stereocenters. The zero-order valence-electron chi connectivity index (χ0n) is 14.2. The predicted octanol–water partition coefficient (Wildman–Crippen LogP) is 4.24. The number of aromatic amines is 1. The number of hydrogen-bond donors (Lipinski definition) is 3. The number of fused-ring (bicyclic) bond motifs is 1. The van der Waals surface area contributed by atoms with Gasteiger partial charge in [0.15, 0.2) is 0 Å². The molecule has 0 aliphatic heterocycles. The zero-order valence-corrected chi connectivity index (χ0v) is 16.5. The Labute approximate surface area is 169 Å². The molecule has 0 saturated heterocycles. The Morgan fingerprint density at radius 1 is 1.07 bits per heavy atom. The van der Waals surface area contributed by atoms with Crippen LogP contribution in [0.15, 0.2) is 65.5 Å².